The summed E-state index contributed by atoms with van der Waals surface area (Å²) in [5.41, 5.74) is 3.13. The van der Waals surface area contributed by atoms with Crippen LogP contribution in [0.5, 0.6) is 0 Å². The van der Waals surface area contributed by atoms with E-state index in [0.29, 0.717) is 12.6 Å². The monoisotopic (exact) mass is 494 g/mol. The molecule has 1 atom stereocenters. The van der Waals surface area contributed by atoms with Crippen molar-refractivity contribution in [2.24, 2.45) is 0 Å². The van der Waals surface area contributed by atoms with E-state index in [4.69, 9.17) is 0 Å². The number of rotatable bonds is 12. The van der Waals surface area contributed by atoms with Crippen molar-refractivity contribution in [3.05, 3.63) is 66.0 Å². The van der Waals surface area contributed by atoms with Crippen LogP contribution in [0.25, 0.3) is 0 Å². The normalized spacial score (nSPS) is 12.2. The molecule has 1 heterocycles. The third kappa shape index (κ3) is 7.08. The van der Waals surface area contributed by atoms with Gasteiger partial charge >= 0.3 is 0 Å². The van der Waals surface area contributed by atoms with Gasteiger partial charge in [0.25, 0.3) is 0 Å². The van der Waals surface area contributed by atoms with E-state index in [9.17, 15) is 4.79 Å². The smallest absolute Gasteiger partial charge is 0.234 e. The molecule has 0 saturated carbocycles. The van der Waals surface area contributed by atoms with Crippen LogP contribution in [0.4, 0.5) is 11.4 Å². The number of carbonyl (C=O) groups is 1. The zero-order valence-electron chi connectivity index (χ0n) is 21.7. The van der Waals surface area contributed by atoms with Gasteiger partial charge in [0.15, 0.2) is 11.0 Å². The molecular weight excluding hydrogens is 456 g/mol. The fourth-order valence-electron chi connectivity index (χ4n) is 4.26. The minimum absolute atomic E-state index is 0.0607. The maximum absolute atomic E-state index is 12.7. The van der Waals surface area contributed by atoms with Crippen LogP contribution >= 0.6 is 11.8 Å². The maximum atomic E-state index is 12.7. The number of amides is 1. The lowest BCUT2D eigenvalue weighted by atomic mass is 10.2. The molecule has 1 aromatic heterocycles. The molecule has 0 radical (unpaired) electrons. The van der Waals surface area contributed by atoms with Gasteiger partial charge in [0, 0.05) is 24.0 Å². The van der Waals surface area contributed by atoms with Crippen LogP contribution < -0.4 is 10.2 Å². The minimum Gasteiger partial charge on any atom is -0.369 e. The molecule has 3 aromatic rings. The summed E-state index contributed by atoms with van der Waals surface area (Å²) in [7, 11) is 4.12. The molecule has 0 bridgehead atoms. The van der Waals surface area contributed by atoms with Crippen LogP contribution in [0.3, 0.4) is 0 Å². The Labute approximate surface area is 213 Å². The first kappa shape index (κ1) is 26.8. The van der Waals surface area contributed by atoms with Crippen molar-refractivity contribution in [2.75, 3.05) is 36.6 Å². The summed E-state index contributed by atoms with van der Waals surface area (Å²) < 4.78 is 2.14. The van der Waals surface area contributed by atoms with Gasteiger partial charge in [0.1, 0.15) is 0 Å². The van der Waals surface area contributed by atoms with Gasteiger partial charge in [-0.2, -0.15) is 0 Å². The zero-order valence-corrected chi connectivity index (χ0v) is 22.5. The van der Waals surface area contributed by atoms with Crippen LogP contribution in [0.1, 0.15) is 51.5 Å². The van der Waals surface area contributed by atoms with E-state index in [-0.39, 0.29) is 17.7 Å². The molecule has 1 amide bonds. The van der Waals surface area contributed by atoms with E-state index < -0.39 is 0 Å². The zero-order chi connectivity index (χ0) is 25.4. The highest BCUT2D eigenvalue weighted by Crippen LogP contribution is 2.26. The van der Waals surface area contributed by atoms with Gasteiger partial charge in [0.2, 0.25) is 5.91 Å². The van der Waals surface area contributed by atoms with Gasteiger partial charge in [0.05, 0.1) is 18.3 Å². The Kier molecular flexibility index (Phi) is 9.74. The molecular formula is C27H38N6OS. The van der Waals surface area contributed by atoms with Crippen LogP contribution in [0.15, 0.2) is 59.8 Å². The molecule has 0 fully saturated rings. The fraction of sp³-hybridized carbons (Fsp3) is 0.444. The first-order valence-corrected chi connectivity index (χ1v) is 13.2. The van der Waals surface area contributed by atoms with E-state index in [0.717, 1.165) is 35.3 Å². The van der Waals surface area contributed by atoms with Crippen molar-refractivity contribution in [1.82, 2.24) is 19.7 Å². The highest BCUT2D eigenvalue weighted by atomic mass is 32.2. The van der Waals surface area contributed by atoms with Gasteiger partial charge in [-0.15, -0.1) is 10.2 Å². The molecule has 1 unspecified atom stereocenters. The lowest BCUT2D eigenvalue weighted by Crippen LogP contribution is -2.30. The highest BCUT2D eigenvalue weighted by Gasteiger charge is 2.22. The number of hydrogen-bond donors (Lipinski definition) is 1. The van der Waals surface area contributed by atoms with Crippen LogP contribution in [-0.4, -0.2) is 58.0 Å². The van der Waals surface area contributed by atoms with Crippen LogP contribution in [0, 0.1) is 0 Å². The third-order valence-electron chi connectivity index (χ3n) is 6.02. The molecule has 188 valence electrons. The summed E-state index contributed by atoms with van der Waals surface area (Å²) in [6.45, 7) is 10.3. The third-order valence-corrected chi connectivity index (χ3v) is 6.98. The second kappa shape index (κ2) is 12.7. The largest absolute Gasteiger partial charge is 0.369 e. The Morgan fingerprint density at radius 3 is 2.29 bits per heavy atom. The molecule has 0 aliphatic heterocycles. The standard InChI is InChI=1S/C27H38N6OS/c1-7-24(31(5)6)26-29-30-27(33(26)18-21-12-10-9-11-13-21)35-19-25(34)28-22-14-16-23(17-15-22)32(8-2)20(3)4/h9-17,20,24H,7-8,18-19H2,1-6H3,(H,28,34). The first-order valence-electron chi connectivity index (χ1n) is 12.3. The second-order valence-electron chi connectivity index (χ2n) is 9.06. The van der Waals surface area contributed by atoms with E-state index in [1.54, 1.807) is 0 Å². The molecule has 0 saturated heterocycles. The van der Waals surface area contributed by atoms with Crippen molar-refractivity contribution >= 4 is 29.0 Å². The fourth-order valence-corrected chi connectivity index (χ4v) is 5.00. The Morgan fingerprint density at radius 2 is 1.71 bits per heavy atom. The summed E-state index contributed by atoms with van der Waals surface area (Å²) in [5, 5.41) is 12.8. The molecule has 35 heavy (non-hydrogen) atoms. The number of nitrogens with one attached hydrogen (secondary N) is 1. The summed E-state index contributed by atoms with van der Waals surface area (Å²) in [6.07, 6.45) is 0.924. The molecule has 3 rings (SSSR count). The molecule has 0 aliphatic carbocycles. The Morgan fingerprint density at radius 1 is 1.03 bits per heavy atom. The van der Waals surface area contributed by atoms with Gasteiger partial charge in [-0.1, -0.05) is 49.0 Å². The number of benzene rings is 2. The van der Waals surface area contributed by atoms with E-state index >= 15 is 0 Å². The molecule has 0 aliphatic rings. The lowest BCUT2D eigenvalue weighted by Gasteiger charge is -2.27. The van der Waals surface area contributed by atoms with Crippen LogP contribution in [-0.2, 0) is 11.3 Å². The summed E-state index contributed by atoms with van der Waals surface area (Å²) >= 11 is 1.42. The van der Waals surface area contributed by atoms with Gasteiger partial charge in [-0.25, -0.2) is 0 Å². The number of nitrogens with zero attached hydrogens (tertiary/aromatic N) is 5. The average molecular weight is 495 g/mol. The SMILES string of the molecule is CCC(c1nnc(SCC(=O)Nc2ccc(N(CC)C(C)C)cc2)n1Cc1ccccc1)N(C)C. The van der Waals surface area contributed by atoms with Crippen molar-refractivity contribution in [3.63, 3.8) is 0 Å². The predicted octanol–water partition coefficient (Wildman–Crippen LogP) is 5.30. The number of aromatic nitrogens is 3. The van der Waals surface area contributed by atoms with Crippen molar-refractivity contribution in [1.29, 1.82) is 0 Å². The molecule has 1 N–H and O–H groups in total. The Bertz CT molecular complexity index is 1070. The Hall–Kier alpha value is -2.84. The Balaban J connectivity index is 1.70. The lowest BCUT2D eigenvalue weighted by molar-refractivity contribution is -0.113. The molecule has 7 nitrogen and oxygen atoms in total. The second-order valence-corrected chi connectivity index (χ2v) is 10.0. The topological polar surface area (TPSA) is 66.3 Å². The molecule has 8 heteroatoms. The molecule has 0 spiro atoms. The number of anilines is 2. The van der Waals surface area contributed by atoms with Crippen LogP contribution in [0.2, 0.25) is 0 Å². The minimum atomic E-state index is -0.0607. The number of carbonyl (C=O) groups excluding carboxylic acids is 1. The first-order chi connectivity index (χ1) is 16.8. The quantitative estimate of drug-likeness (QED) is 0.345. The number of thioether (sulfide) groups is 1. The van der Waals surface area contributed by atoms with E-state index in [1.807, 2.05) is 30.3 Å². The average Bonchev–Trinajstić information content (AvgIpc) is 3.22. The van der Waals surface area contributed by atoms with Gasteiger partial charge in [-0.05, 0) is 71.1 Å². The van der Waals surface area contributed by atoms with Gasteiger partial charge in [-0.3, -0.25) is 9.69 Å². The van der Waals surface area contributed by atoms with Gasteiger partial charge < -0.3 is 14.8 Å². The summed E-state index contributed by atoms with van der Waals surface area (Å²) in [5.74, 6) is 1.13. The maximum Gasteiger partial charge on any atom is 0.234 e. The molecule has 2 aromatic carbocycles. The summed E-state index contributed by atoms with van der Waals surface area (Å²) in [4.78, 5) is 17.2. The van der Waals surface area contributed by atoms with Crippen molar-refractivity contribution in [2.45, 2.75) is 57.9 Å². The number of hydrogen-bond acceptors (Lipinski definition) is 6. The summed E-state index contributed by atoms with van der Waals surface area (Å²) in [6, 6.07) is 18.9. The van der Waals surface area contributed by atoms with Crippen molar-refractivity contribution < 1.29 is 4.79 Å². The van der Waals surface area contributed by atoms with Crippen molar-refractivity contribution in [3.8, 4) is 0 Å². The highest BCUT2D eigenvalue weighted by molar-refractivity contribution is 7.99. The predicted molar refractivity (Wildman–Crippen MR) is 146 cm³/mol. The van der Waals surface area contributed by atoms with E-state index in [1.165, 1.54) is 17.3 Å². The van der Waals surface area contributed by atoms with E-state index in [2.05, 4.69) is 95.9 Å².